The van der Waals surface area contributed by atoms with Gasteiger partial charge < -0.3 is 11.1 Å². The van der Waals surface area contributed by atoms with Crippen molar-refractivity contribution in [1.29, 1.82) is 0 Å². The Hall–Kier alpha value is -1.36. The van der Waals surface area contributed by atoms with E-state index in [2.05, 4.69) is 12.2 Å². The van der Waals surface area contributed by atoms with Crippen molar-refractivity contribution in [3.05, 3.63) is 23.8 Å². The summed E-state index contributed by atoms with van der Waals surface area (Å²) in [5.41, 5.74) is 7.29. The van der Waals surface area contributed by atoms with Gasteiger partial charge in [-0.15, -0.1) is 0 Å². The maximum atomic E-state index is 12.3. The SMILES string of the molecule is CCCCCNC(=O)C(C)S(=O)c1ccc(N)c(C)c1. The summed E-state index contributed by atoms with van der Waals surface area (Å²) < 4.78 is 12.3. The monoisotopic (exact) mass is 296 g/mol. The zero-order chi connectivity index (χ0) is 15.1. The molecule has 1 aromatic carbocycles. The van der Waals surface area contributed by atoms with Crippen LogP contribution in [-0.4, -0.2) is 21.9 Å². The number of anilines is 1. The number of hydrogen-bond donors (Lipinski definition) is 2. The van der Waals surface area contributed by atoms with Crippen molar-refractivity contribution in [2.24, 2.45) is 0 Å². The number of rotatable bonds is 7. The van der Waals surface area contributed by atoms with Crippen molar-refractivity contribution in [3.63, 3.8) is 0 Å². The zero-order valence-electron chi connectivity index (χ0n) is 12.4. The molecule has 0 saturated carbocycles. The van der Waals surface area contributed by atoms with Gasteiger partial charge in [-0.05, 0) is 44.0 Å². The van der Waals surface area contributed by atoms with Crippen LogP contribution in [0.15, 0.2) is 23.1 Å². The summed E-state index contributed by atoms with van der Waals surface area (Å²) >= 11 is 0. The predicted octanol–water partition coefficient (Wildman–Crippen LogP) is 2.38. The third-order valence-corrected chi connectivity index (χ3v) is 4.82. The van der Waals surface area contributed by atoms with Crippen LogP contribution < -0.4 is 11.1 Å². The quantitative estimate of drug-likeness (QED) is 0.599. The number of unbranched alkanes of at least 4 members (excludes halogenated alkanes) is 2. The molecule has 20 heavy (non-hydrogen) atoms. The zero-order valence-corrected chi connectivity index (χ0v) is 13.3. The molecule has 112 valence electrons. The third kappa shape index (κ3) is 4.63. The maximum Gasteiger partial charge on any atom is 0.235 e. The number of amides is 1. The summed E-state index contributed by atoms with van der Waals surface area (Å²) in [6, 6.07) is 5.24. The molecule has 5 heteroatoms. The lowest BCUT2D eigenvalue weighted by Crippen LogP contribution is -2.36. The largest absolute Gasteiger partial charge is 0.399 e. The molecule has 0 aromatic heterocycles. The molecule has 0 saturated heterocycles. The minimum atomic E-state index is -1.35. The van der Waals surface area contributed by atoms with E-state index in [1.54, 1.807) is 25.1 Å². The van der Waals surface area contributed by atoms with Crippen molar-refractivity contribution in [2.75, 3.05) is 12.3 Å². The number of aryl methyl sites for hydroxylation is 1. The molecule has 4 nitrogen and oxygen atoms in total. The van der Waals surface area contributed by atoms with E-state index < -0.39 is 16.0 Å². The van der Waals surface area contributed by atoms with E-state index in [1.807, 2.05) is 6.92 Å². The molecule has 0 heterocycles. The number of benzene rings is 1. The van der Waals surface area contributed by atoms with Gasteiger partial charge in [0.15, 0.2) is 0 Å². The molecule has 1 amide bonds. The number of nitrogen functional groups attached to an aromatic ring is 1. The van der Waals surface area contributed by atoms with Crippen LogP contribution >= 0.6 is 0 Å². The van der Waals surface area contributed by atoms with Gasteiger partial charge in [0.1, 0.15) is 5.25 Å². The first kappa shape index (κ1) is 16.7. The van der Waals surface area contributed by atoms with Gasteiger partial charge in [0.05, 0.1) is 10.8 Å². The van der Waals surface area contributed by atoms with Gasteiger partial charge >= 0.3 is 0 Å². The van der Waals surface area contributed by atoms with Crippen LogP contribution in [0.25, 0.3) is 0 Å². The van der Waals surface area contributed by atoms with Gasteiger partial charge in [0.25, 0.3) is 0 Å². The topological polar surface area (TPSA) is 72.2 Å². The van der Waals surface area contributed by atoms with Gasteiger partial charge in [0, 0.05) is 17.1 Å². The summed E-state index contributed by atoms with van der Waals surface area (Å²) in [5.74, 6) is -0.158. The van der Waals surface area contributed by atoms with Crippen molar-refractivity contribution < 1.29 is 9.00 Å². The Bertz CT molecular complexity index is 489. The van der Waals surface area contributed by atoms with Crippen molar-refractivity contribution >= 4 is 22.4 Å². The summed E-state index contributed by atoms with van der Waals surface area (Å²) in [6.45, 7) is 6.32. The van der Waals surface area contributed by atoms with E-state index in [1.165, 1.54) is 0 Å². The highest BCUT2D eigenvalue weighted by molar-refractivity contribution is 7.86. The maximum absolute atomic E-state index is 12.3. The van der Waals surface area contributed by atoms with E-state index in [9.17, 15) is 9.00 Å². The average Bonchev–Trinajstić information content (AvgIpc) is 2.44. The molecule has 0 bridgehead atoms. The fraction of sp³-hybridized carbons (Fsp3) is 0.533. The smallest absolute Gasteiger partial charge is 0.235 e. The molecule has 0 aliphatic carbocycles. The number of nitrogens with two attached hydrogens (primary N) is 1. The molecule has 2 unspecified atom stereocenters. The molecule has 3 N–H and O–H groups in total. The summed E-state index contributed by atoms with van der Waals surface area (Å²) in [6.07, 6.45) is 3.17. The molecule has 1 aromatic rings. The summed E-state index contributed by atoms with van der Waals surface area (Å²) in [7, 11) is -1.35. The van der Waals surface area contributed by atoms with Crippen LogP contribution in [0.3, 0.4) is 0 Å². The molecule has 1 rings (SSSR count). The normalized spacial score (nSPS) is 13.8. The van der Waals surface area contributed by atoms with Crippen LogP contribution in [0.5, 0.6) is 0 Å². The standard InChI is InChI=1S/C15H24N2O2S/c1-4-5-6-9-17-15(18)12(3)20(19)13-7-8-14(16)11(2)10-13/h7-8,10,12H,4-6,9,16H2,1-3H3,(H,17,18). The van der Waals surface area contributed by atoms with E-state index in [0.717, 1.165) is 24.8 Å². The molecule has 0 aliphatic heterocycles. The Morgan fingerprint density at radius 3 is 2.70 bits per heavy atom. The van der Waals surface area contributed by atoms with E-state index in [-0.39, 0.29) is 5.91 Å². The lowest BCUT2D eigenvalue weighted by atomic mass is 10.2. The molecular weight excluding hydrogens is 272 g/mol. The van der Waals surface area contributed by atoms with Gasteiger partial charge in [-0.25, -0.2) is 0 Å². The fourth-order valence-corrected chi connectivity index (χ4v) is 2.99. The van der Waals surface area contributed by atoms with Crippen molar-refractivity contribution in [3.8, 4) is 0 Å². The summed E-state index contributed by atoms with van der Waals surface area (Å²) in [5, 5.41) is 2.28. The van der Waals surface area contributed by atoms with E-state index in [4.69, 9.17) is 5.73 Å². The van der Waals surface area contributed by atoms with Gasteiger partial charge in [0.2, 0.25) is 5.91 Å². The highest BCUT2D eigenvalue weighted by Crippen LogP contribution is 2.18. The Morgan fingerprint density at radius 2 is 2.10 bits per heavy atom. The first-order valence-electron chi connectivity index (χ1n) is 7.01. The Labute approximate surface area is 123 Å². The first-order chi connectivity index (χ1) is 9.47. The van der Waals surface area contributed by atoms with Crippen LogP contribution in [0.2, 0.25) is 0 Å². The minimum Gasteiger partial charge on any atom is -0.399 e. The number of carbonyl (C=O) groups is 1. The second-order valence-corrected chi connectivity index (χ2v) is 6.73. The second-order valence-electron chi connectivity index (χ2n) is 4.96. The highest BCUT2D eigenvalue weighted by Gasteiger charge is 2.21. The lowest BCUT2D eigenvalue weighted by molar-refractivity contribution is -0.120. The molecule has 2 atom stereocenters. The molecule has 0 aliphatic rings. The number of carbonyl (C=O) groups excluding carboxylic acids is 1. The fourth-order valence-electron chi connectivity index (χ4n) is 1.80. The highest BCUT2D eigenvalue weighted by atomic mass is 32.2. The number of nitrogens with one attached hydrogen (secondary N) is 1. The van der Waals surface area contributed by atoms with Crippen LogP contribution in [0.4, 0.5) is 5.69 Å². The van der Waals surface area contributed by atoms with Gasteiger partial charge in [-0.2, -0.15) is 0 Å². The summed E-state index contributed by atoms with van der Waals surface area (Å²) in [4.78, 5) is 12.6. The molecule has 0 fully saturated rings. The minimum absolute atomic E-state index is 0.158. The van der Waals surface area contributed by atoms with Gasteiger partial charge in [-0.1, -0.05) is 19.8 Å². The van der Waals surface area contributed by atoms with E-state index in [0.29, 0.717) is 17.1 Å². The Kier molecular flexibility index (Phi) is 6.71. The van der Waals surface area contributed by atoms with Gasteiger partial charge in [-0.3, -0.25) is 9.00 Å². The van der Waals surface area contributed by atoms with E-state index >= 15 is 0 Å². The molecular formula is C15H24N2O2S. The first-order valence-corrected chi connectivity index (χ1v) is 8.23. The van der Waals surface area contributed by atoms with Crippen molar-refractivity contribution in [2.45, 2.75) is 50.2 Å². The Morgan fingerprint density at radius 1 is 1.40 bits per heavy atom. The molecule has 0 spiro atoms. The molecule has 0 radical (unpaired) electrons. The average molecular weight is 296 g/mol. The van der Waals surface area contributed by atoms with Crippen LogP contribution in [0.1, 0.15) is 38.7 Å². The second kappa shape index (κ2) is 8.04. The van der Waals surface area contributed by atoms with Crippen LogP contribution in [0, 0.1) is 6.92 Å². The number of hydrogen-bond acceptors (Lipinski definition) is 3. The predicted molar refractivity (Wildman–Crippen MR) is 84.0 cm³/mol. The third-order valence-electron chi connectivity index (χ3n) is 3.24. The van der Waals surface area contributed by atoms with Crippen LogP contribution in [-0.2, 0) is 15.6 Å². The Balaban J connectivity index is 2.61. The lowest BCUT2D eigenvalue weighted by Gasteiger charge is -2.13. The van der Waals surface area contributed by atoms with Crippen molar-refractivity contribution in [1.82, 2.24) is 5.32 Å².